The Balaban J connectivity index is 2.29. The molecule has 0 spiro atoms. The van der Waals surface area contributed by atoms with Crippen LogP contribution in [-0.4, -0.2) is 6.04 Å². The van der Waals surface area contributed by atoms with Crippen molar-refractivity contribution < 1.29 is 0 Å². The van der Waals surface area contributed by atoms with E-state index in [0.717, 1.165) is 0 Å². The van der Waals surface area contributed by atoms with E-state index in [4.69, 9.17) is 0 Å². The van der Waals surface area contributed by atoms with Crippen LogP contribution in [0.2, 0.25) is 0 Å². The third kappa shape index (κ3) is 0.633. The molecule has 0 aromatic heterocycles. The monoisotopic (exact) mass is 120 g/mol. The minimum atomic E-state index is 0.398. The van der Waals surface area contributed by atoms with Crippen molar-refractivity contribution in [1.29, 1.82) is 0 Å². The lowest BCUT2D eigenvalue weighted by Crippen LogP contribution is -2.26. The Hall–Kier alpha value is -1.18. The van der Waals surface area contributed by atoms with Gasteiger partial charge in [-0.3, -0.25) is 0 Å². The second-order valence-corrected chi connectivity index (χ2v) is 2.13. The van der Waals surface area contributed by atoms with E-state index in [9.17, 15) is 0 Å². The van der Waals surface area contributed by atoms with Gasteiger partial charge in [-0.05, 0) is 30.6 Å². The molecule has 1 unspecified atom stereocenters. The Kier molecular flexibility index (Phi) is 0.859. The Bertz CT molecular complexity index is 201. The minimum absolute atomic E-state index is 0.398. The van der Waals surface area contributed by atoms with Crippen molar-refractivity contribution in [1.82, 2.24) is 10.6 Å². The third-order valence-electron chi connectivity index (χ3n) is 1.52. The summed E-state index contributed by atoms with van der Waals surface area (Å²) >= 11 is 0. The highest BCUT2D eigenvalue weighted by molar-refractivity contribution is 5.31. The van der Waals surface area contributed by atoms with Gasteiger partial charge in [0.15, 0.2) is 0 Å². The molecule has 0 bridgehead atoms. The zero-order valence-electron chi connectivity index (χ0n) is 4.96. The lowest BCUT2D eigenvalue weighted by atomic mass is 10.2. The quantitative estimate of drug-likeness (QED) is 0.485. The molecule has 0 fully saturated rings. The molecule has 0 radical (unpaired) electrons. The van der Waals surface area contributed by atoms with Gasteiger partial charge < -0.3 is 10.6 Å². The van der Waals surface area contributed by atoms with E-state index in [1.165, 1.54) is 5.70 Å². The summed E-state index contributed by atoms with van der Waals surface area (Å²) in [6.07, 6.45) is 10.1. The van der Waals surface area contributed by atoms with E-state index in [1.54, 1.807) is 0 Å². The first-order valence-electron chi connectivity index (χ1n) is 3.03. The van der Waals surface area contributed by atoms with Gasteiger partial charge in [0.05, 0.1) is 6.04 Å². The topological polar surface area (TPSA) is 24.1 Å². The normalized spacial score (nSPS) is 28.4. The Morgan fingerprint density at radius 1 is 1.33 bits per heavy atom. The second-order valence-electron chi connectivity index (χ2n) is 2.13. The number of rotatable bonds is 0. The molecule has 2 heteroatoms. The van der Waals surface area contributed by atoms with Gasteiger partial charge in [0.1, 0.15) is 0 Å². The summed E-state index contributed by atoms with van der Waals surface area (Å²) in [4.78, 5) is 0. The lowest BCUT2D eigenvalue weighted by Gasteiger charge is -2.13. The first-order chi connectivity index (χ1) is 4.47. The van der Waals surface area contributed by atoms with Crippen LogP contribution in [0.1, 0.15) is 0 Å². The van der Waals surface area contributed by atoms with Crippen LogP contribution in [0.15, 0.2) is 36.3 Å². The summed E-state index contributed by atoms with van der Waals surface area (Å²) in [7, 11) is 0. The first-order valence-corrected chi connectivity index (χ1v) is 3.03. The van der Waals surface area contributed by atoms with Gasteiger partial charge in [-0.2, -0.15) is 0 Å². The Morgan fingerprint density at radius 2 is 2.33 bits per heavy atom. The molecule has 0 saturated heterocycles. The van der Waals surface area contributed by atoms with Crippen LogP contribution in [0, 0.1) is 0 Å². The summed E-state index contributed by atoms with van der Waals surface area (Å²) in [5, 5.41) is 6.31. The molecule has 0 aromatic carbocycles. The zero-order valence-corrected chi connectivity index (χ0v) is 4.96. The van der Waals surface area contributed by atoms with E-state index in [1.807, 2.05) is 18.5 Å². The smallest absolute Gasteiger partial charge is 0.0860 e. The molecule has 0 aromatic rings. The summed E-state index contributed by atoms with van der Waals surface area (Å²) in [5.41, 5.74) is 1.23. The van der Waals surface area contributed by atoms with Crippen LogP contribution in [0.3, 0.4) is 0 Å². The van der Waals surface area contributed by atoms with Crippen molar-refractivity contribution in [2.75, 3.05) is 0 Å². The van der Waals surface area contributed by atoms with Crippen molar-refractivity contribution in [3.63, 3.8) is 0 Å². The Labute approximate surface area is 53.9 Å². The number of allylic oxidation sites excluding steroid dienone is 2. The number of hydrogen-bond acceptors (Lipinski definition) is 2. The van der Waals surface area contributed by atoms with Crippen LogP contribution < -0.4 is 10.6 Å². The van der Waals surface area contributed by atoms with Crippen LogP contribution in [-0.2, 0) is 0 Å². The summed E-state index contributed by atoms with van der Waals surface area (Å²) < 4.78 is 0. The number of hydrogen-bond donors (Lipinski definition) is 2. The van der Waals surface area contributed by atoms with Gasteiger partial charge in [-0.1, -0.05) is 0 Å². The molecule has 0 amide bonds. The van der Waals surface area contributed by atoms with Gasteiger partial charge in [-0.15, -0.1) is 0 Å². The number of nitrogens with one attached hydrogen (secondary N) is 2. The van der Waals surface area contributed by atoms with Crippen molar-refractivity contribution in [2.45, 2.75) is 6.04 Å². The maximum atomic E-state index is 3.18. The molecule has 0 aliphatic carbocycles. The van der Waals surface area contributed by atoms with Crippen molar-refractivity contribution in [2.24, 2.45) is 0 Å². The molecule has 2 nitrogen and oxygen atoms in total. The molecule has 0 saturated carbocycles. The fourth-order valence-electron chi connectivity index (χ4n) is 1.04. The molecule has 2 N–H and O–H groups in total. The van der Waals surface area contributed by atoms with Crippen molar-refractivity contribution >= 4 is 0 Å². The lowest BCUT2D eigenvalue weighted by molar-refractivity contribution is 0.773. The van der Waals surface area contributed by atoms with Crippen molar-refractivity contribution in [3.8, 4) is 0 Å². The SMILES string of the molecule is C1=CNC2C=CNC2=C1. The highest BCUT2D eigenvalue weighted by Gasteiger charge is 2.13. The van der Waals surface area contributed by atoms with E-state index < -0.39 is 0 Å². The van der Waals surface area contributed by atoms with E-state index >= 15 is 0 Å². The van der Waals surface area contributed by atoms with Crippen LogP contribution >= 0.6 is 0 Å². The average molecular weight is 120 g/mol. The summed E-state index contributed by atoms with van der Waals surface area (Å²) in [6.45, 7) is 0. The number of dihydropyridines is 1. The first kappa shape index (κ1) is 4.68. The zero-order chi connectivity index (χ0) is 6.10. The fraction of sp³-hybridized carbons (Fsp3) is 0.143. The van der Waals surface area contributed by atoms with Gasteiger partial charge in [0.2, 0.25) is 0 Å². The molecule has 46 valence electrons. The van der Waals surface area contributed by atoms with E-state index in [-0.39, 0.29) is 0 Å². The summed E-state index contributed by atoms with van der Waals surface area (Å²) in [5.74, 6) is 0. The molecule has 9 heavy (non-hydrogen) atoms. The van der Waals surface area contributed by atoms with Gasteiger partial charge in [-0.25, -0.2) is 0 Å². The largest absolute Gasteiger partial charge is 0.379 e. The highest BCUT2D eigenvalue weighted by Crippen LogP contribution is 2.09. The Morgan fingerprint density at radius 3 is 3.22 bits per heavy atom. The average Bonchev–Trinajstić information content (AvgIpc) is 2.33. The maximum absolute atomic E-state index is 3.18. The molecule has 2 aliphatic rings. The van der Waals surface area contributed by atoms with Crippen LogP contribution in [0.4, 0.5) is 0 Å². The van der Waals surface area contributed by atoms with Crippen molar-refractivity contribution in [3.05, 3.63) is 36.3 Å². The molecule has 1 atom stereocenters. The van der Waals surface area contributed by atoms with Gasteiger partial charge >= 0.3 is 0 Å². The molecular weight excluding hydrogens is 112 g/mol. The second kappa shape index (κ2) is 1.65. The minimum Gasteiger partial charge on any atom is -0.379 e. The predicted octanol–water partition coefficient (Wildman–Crippen LogP) is 0.473. The van der Waals surface area contributed by atoms with E-state index in [2.05, 4.69) is 22.8 Å². The molecule has 2 rings (SSSR count). The third-order valence-corrected chi connectivity index (χ3v) is 1.52. The standard InChI is InChI=1S/C7H8N2/c1-2-6-7(8-4-1)3-5-9-6/h1-5,7-9H. The molecule has 2 aliphatic heterocycles. The number of fused-ring (bicyclic) bond motifs is 1. The molecule has 2 heterocycles. The van der Waals surface area contributed by atoms with Crippen LogP contribution in [0.5, 0.6) is 0 Å². The summed E-state index contributed by atoms with van der Waals surface area (Å²) in [6, 6.07) is 0.398. The maximum Gasteiger partial charge on any atom is 0.0860 e. The molecular formula is C7H8N2. The van der Waals surface area contributed by atoms with Gasteiger partial charge in [0, 0.05) is 5.70 Å². The predicted molar refractivity (Wildman–Crippen MR) is 36.4 cm³/mol. The fourth-order valence-corrected chi connectivity index (χ4v) is 1.04. The highest BCUT2D eigenvalue weighted by atomic mass is 15.0. The van der Waals surface area contributed by atoms with Gasteiger partial charge in [0.25, 0.3) is 0 Å². The van der Waals surface area contributed by atoms with Crippen LogP contribution in [0.25, 0.3) is 0 Å². The van der Waals surface area contributed by atoms with E-state index in [0.29, 0.717) is 6.04 Å².